The van der Waals surface area contributed by atoms with Gasteiger partial charge in [0.2, 0.25) is 0 Å². The molecule has 2 heterocycles. The molecule has 132 valence electrons. The van der Waals surface area contributed by atoms with E-state index in [0.717, 1.165) is 22.2 Å². The van der Waals surface area contributed by atoms with E-state index in [0.29, 0.717) is 11.6 Å². The van der Waals surface area contributed by atoms with Crippen LogP contribution in [-0.4, -0.2) is 37.1 Å². The monoisotopic (exact) mass is 362 g/mol. The van der Waals surface area contributed by atoms with Crippen LogP contribution in [0, 0.1) is 0 Å². The van der Waals surface area contributed by atoms with Gasteiger partial charge in [-0.1, -0.05) is 12.1 Å². The van der Waals surface area contributed by atoms with Gasteiger partial charge in [0, 0.05) is 18.8 Å². The van der Waals surface area contributed by atoms with E-state index in [-0.39, 0.29) is 19.2 Å². The van der Waals surface area contributed by atoms with Crippen LogP contribution in [0.25, 0.3) is 22.2 Å². The average Bonchev–Trinajstić information content (AvgIpc) is 2.90. The summed E-state index contributed by atoms with van der Waals surface area (Å²) in [5.41, 5.74) is 8.56. The maximum atomic E-state index is 10.9. The summed E-state index contributed by atoms with van der Waals surface area (Å²) >= 11 is 0. The predicted octanol–water partition coefficient (Wildman–Crippen LogP) is 2.16. The number of aromatic nitrogens is 3. The predicted molar refractivity (Wildman–Crippen MR) is 95.4 cm³/mol. The van der Waals surface area contributed by atoms with Crippen molar-refractivity contribution >= 4 is 24.4 Å². The molecule has 0 radical (unpaired) electrons. The Morgan fingerprint density at radius 2 is 2.12 bits per heavy atom. The lowest BCUT2D eigenvalue weighted by Crippen LogP contribution is -2.00. The molecule has 0 saturated carbocycles. The van der Waals surface area contributed by atoms with Crippen molar-refractivity contribution in [3.05, 3.63) is 36.8 Å². The van der Waals surface area contributed by atoms with Crippen molar-refractivity contribution in [2.24, 2.45) is 7.05 Å². The Hall–Kier alpha value is -2.41. The zero-order chi connectivity index (χ0) is 18.0. The van der Waals surface area contributed by atoms with Gasteiger partial charge in [-0.2, -0.15) is 0 Å². The highest BCUT2D eigenvalue weighted by Crippen LogP contribution is 2.35. The molecule has 9 heteroatoms. The molecule has 0 fully saturated rings. The molecular weight excluding hydrogens is 343 g/mol. The lowest BCUT2D eigenvalue weighted by Gasteiger charge is -2.08. The number of nitrogen functional groups attached to an aromatic ring is 1. The van der Waals surface area contributed by atoms with Crippen LogP contribution < -0.4 is 10.5 Å². The number of fused-ring (bicyclic) bond motifs is 1. The average molecular weight is 362 g/mol. The number of benzene rings is 1. The molecule has 0 spiro atoms. The SMILES string of the molecule is Cn1cc(-c2cccc(OCCCP(=O)(O)O)c2)c2c(N)ncnc21. The Bertz CT molecular complexity index is 950. The van der Waals surface area contributed by atoms with Crippen LogP contribution in [0.5, 0.6) is 5.75 Å². The number of rotatable bonds is 6. The lowest BCUT2D eigenvalue weighted by atomic mass is 10.1. The van der Waals surface area contributed by atoms with Crippen molar-refractivity contribution < 1.29 is 19.1 Å². The first-order valence-electron chi connectivity index (χ1n) is 7.68. The van der Waals surface area contributed by atoms with Crippen LogP contribution in [0.1, 0.15) is 6.42 Å². The van der Waals surface area contributed by atoms with Crippen LogP contribution >= 0.6 is 7.60 Å². The smallest absolute Gasteiger partial charge is 0.325 e. The molecule has 0 unspecified atom stereocenters. The summed E-state index contributed by atoms with van der Waals surface area (Å²) < 4.78 is 18.3. The zero-order valence-corrected chi connectivity index (χ0v) is 14.6. The molecule has 3 aromatic rings. The van der Waals surface area contributed by atoms with Crippen molar-refractivity contribution in [2.75, 3.05) is 18.5 Å². The summed E-state index contributed by atoms with van der Waals surface area (Å²) in [7, 11) is -2.10. The lowest BCUT2D eigenvalue weighted by molar-refractivity contribution is 0.309. The Kier molecular flexibility index (Phi) is 4.76. The van der Waals surface area contributed by atoms with Crippen molar-refractivity contribution in [3.63, 3.8) is 0 Å². The molecule has 4 N–H and O–H groups in total. The Morgan fingerprint density at radius 3 is 2.88 bits per heavy atom. The fraction of sp³-hybridized carbons (Fsp3) is 0.250. The van der Waals surface area contributed by atoms with Gasteiger partial charge in [0.1, 0.15) is 23.5 Å². The fourth-order valence-electron chi connectivity index (χ4n) is 2.67. The van der Waals surface area contributed by atoms with Gasteiger partial charge in [-0.05, 0) is 24.1 Å². The van der Waals surface area contributed by atoms with E-state index in [4.69, 9.17) is 20.3 Å². The molecule has 1 aromatic carbocycles. The molecule has 0 amide bonds. The van der Waals surface area contributed by atoms with Gasteiger partial charge in [0.15, 0.2) is 0 Å². The minimum atomic E-state index is -3.99. The quantitative estimate of drug-likeness (QED) is 0.453. The summed E-state index contributed by atoms with van der Waals surface area (Å²) in [5.74, 6) is 1.03. The second-order valence-electron chi connectivity index (χ2n) is 5.73. The summed E-state index contributed by atoms with van der Waals surface area (Å²) in [6.07, 6.45) is 3.46. The van der Waals surface area contributed by atoms with Crippen LogP contribution in [0.2, 0.25) is 0 Å². The first-order valence-corrected chi connectivity index (χ1v) is 9.48. The fourth-order valence-corrected chi connectivity index (χ4v) is 3.21. The standard InChI is InChI=1S/C16H19N4O4P/c1-20-9-13(14-15(17)18-10-19-16(14)20)11-4-2-5-12(8-11)24-6-3-7-25(21,22)23/h2,4-5,8-10H,3,6-7H2,1H3,(H2,17,18,19)(H2,21,22,23). The maximum Gasteiger partial charge on any atom is 0.325 e. The number of anilines is 1. The molecule has 8 nitrogen and oxygen atoms in total. The number of ether oxygens (including phenoxy) is 1. The highest BCUT2D eigenvalue weighted by atomic mass is 31.2. The molecule has 0 aliphatic heterocycles. The van der Waals surface area contributed by atoms with Crippen molar-refractivity contribution in [2.45, 2.75) is 6.42 Å². The van der Waals surface area contributed by atoms with E-state index in [1.54, 1.807) is 6.07 Å². The third-order valence-electron chi connectivity index (χ3n) is 3.79. The molecule has 0 bridgehead atoms. The minimum Gasteiger partial charge on any atom is -0.494 e. The molecule has 3 rings (SSSR count). The first kappa shape index (κ1) is 17.4. The third-order valence-corrected chi connectivity index (χ3v) is 4.69. The molecule has 0 aliphatic rings. The van der Waals surface area contributed by atoms with Crippen LogP contribution in [0.4, 0.5) is 5.82 Å². The van der Waals surface area contributed by atoms with E-state index < -0.39 is 7.60 Å². The van der Waals surface area contributed by atoms with Gasteiger partial charge in [0.05, 0.1) is 18.2 Å². The highest BCUT2D eigenvalue weighted by molar-refractivity contribution is 7.51. The van der Waals surface area contributed by atoms with Crippen molar-refractivity contribution in [1.29, 1.82) is 0 Å². The second kappa shape index (κ2) is 6.84. The minimum absolute atomic E-state index is 0.191. The first-order chi connectivity index (χ1) is 11.8. The number of nitrogens with zero attached hydrogens (tertiary/aromatic N) is 3. The Morgan fingerprint density at radius 1 is 1.32 bits per heavy atom. The largest absolute Gasteiger partial charge is 0.494 e. The summed E-state index contributed by atoms with van der Waals surface area (Å²) in [6.45, 7) is 0.231. The topological polar surface area (TPSA) is 123 Å². The van der Waals surface area contributed by atoms with Crippen LogP contribution in [0.15, 0.2) is 36.8 Å². The number of hydrogen-bond donors (Lipinski definition) is 3. The highest BCUT2D eigenvalue weighted by Gasteiger charge is 2.14. The van der Waals surface area contributed by atoms with Crippen molar-refractivity contribution in [1.82, 2.24) is 14.5 Å². The Labute approximate surface area is 144 Å². The normalized spacial score (nSPS) is 11.8. The third kappa shape index (κ3) is 3.99. The van der Waals surface area contributed by atoms with Gasteiger partial charge < -0.3 is 24.8 Å². The van der Waals surface area contributed by atoms with Crippen LogP contribution in [-0.2, 0) is 11.6 Å². The van der Waals surface area contributed by atoms with Gasteiger partial charge >= 0.3 is 7.60 Å². The molecule has 0 saturated heterocycles. The van der Waals surface area contributed by atoms with E-state index in [1.165, 1.54) is 6.33 Å². The van der Waals surface area contributed by atoms with E-state index >= 15 is 0 Å². The molecule has 25 heavy (non-hydrogen) atoms. The molecule has 0 atom stereocenters. The van der Waals surface area contributed by atoms with Gasteiger partial charge in [-0.15, -0.1) is 0 Å². The number of aryl methyl sites for hydroxylation is 1. The van der Waals surface area contributed by atoms with E-state index in [1.807, 2.05) is 36.0 Å². The zero-order valence-electron chi connectivity index (χ0n) is 13.7. The van der Waals surface area contributed by atoms with Gasteiger partial charge in [-0.3, -0.25) is 4.57 Å². The summed E-state index contributed by atoms with van der Waals surface area (Å²) in [4.78, 5) is 26.1. The summed E-state index contributed by atoms with van der Waals surface area (Å²) in [6, 6.07) is 7.45. The van der Waals surface area contributed by atoms with E-state index in [2.05, 4.69) is 9.97 Å². The maximum absolute atomic E-state index is 10.9. The van der Waals surface area contributed by atoms with Crippen molar-refractivity contribution in [3.8, 4) is 16.9 Å². The number of hydrogen-bond acceptors (Lipinski definition) is 5. The Balaban J connectivity index is 1.84. The molecule has 2 aromatic heterocycles. The molecular formula is C16H19N4O4P. The number of nitrogens with two attached hydrogens (primary N) is 1. The second-order valence-corrected chi connectivity index (χ2v) is 7.51. The van der Waals surface area contributed by atoms with Gasteiger partial charge in [-0.25, -0.2) is 9.97 Å². The van der Waals surface area contributed by atoms with E-state index in [9.17, 15) is 4.57 Å². The van der Waals surface area contributed by atoms with Crippen LogP contribution in [0.3, 0.4) is 0 Å². The summed E-state index contributed by atoms with van der Waals surface area (Å²) in [5, 5.41) is 0.781. The molecule has 0 aliphatic carbocycles. The van der Waals surface area contributed by atoms with Gasteiger partial charge in [0.25, 0.3) is 0 Å².